The molecule has 4 heteroatoms. The van der Waals surface area contributed by atoms with E-state index in [9.17, 15) is 4.79 Å². The molecule has 4 nitrogen and oxygen atoms in total. The van der Waals surface area contributed by atoms with Crippen molar-refractivity contribution < 1.29 is 14.6 Å². The molecule has 0 bridgehead atoms. The summed E-state index contributed by atoms with van der Waals surface area (Å²) >= 11 is 0. The lowest BCUT2D eigenvalue weighted by molar-refractivity contribution is -0.123. The summed E-state index contributed by atoms with van der Waals surface area (Å²) in [6.07, 6.45) is -0.539. The second-order valence-electron chi connectivity index (χ2n) is 3.71. The summed E-state index contributed by atoms with van der Waals surface area (Å²) < 4.78 is 5.34. The summed E-state index contributed by atoms with van der Waals surface area (Å²) in [6.45, 7) is 3.75. The number of hydrogen-bond donors (Lipinski definition) is 2. The number of amides is 1. The molecule has 0 fully saturated rings. The number of rotatable bonds is 5. The van der Waals surface area contributed by atoms with Crippen LogP contribution in [-0.4, -0.2) is 30.3 Å². The molecule has 0 aromatic heterocycles. The molecule has 1 aromatic carbocycles. The number of carbonyl (C=O) groups excluding carboxylic acids is 1. The topological polar surface area (TPSA) is 58.6 Å². The van der Waals surface area contributed by atoms with Crippen molar-refractivity contribution in [1.29, 1.82) is 0 Å². The van der Waals surface area contributed by atoms with E-state index in [1.165, 1.54) is 0 Å². The van der Waals surface area contributed by atoms with Crippen molar-refractivity contribution in [3.63, 3.8) is 0 Å². The van der Waals surface area contributed by atoms with Crippen molar-refractivity contribution in [3.05, 3.63) is 29.8 Å². The average Bonchev–Trinajstić information content (AvgIpc) is 2.25. The van der Waals surface area contributed by atoms with Gasteiger partial charge in [-0.2, -0.15) is 0 Å². The van der Waals surface area contributed by atoms with Gasteiger partial charge in [-0.3, -0.25) is 4.79 Å². The van der Waals surface area contributed by atoms with Crippen LogP contribution in [0.15, 0.2) is 24.3 Å². The summed E-state index contributed by atoms with van der Waals surface area (Å²) in [7, 11) is 0. The highest BCUT2D eigenvalue weighted by Gasteiger charge is 2.04. The van der Waals surface area contributed by atoms with Crippen LogP contribution in [0.5, 0.6) is 5.75 Å². The Labute approximate surface area is 95.2 Å². The van der Waals surface area contributed by atoms with Crippen molar-refractivity contribution in [2.75, 3.05) is 13.2 Å². The monoisotopic (exact) mass is 223 g/mol. The first-order valence-corrected chi connectivity index (χ1v) is 5.23. The van der Waals surface area contributed by atoms with Crippen LogP contribution >= 0.6 is 0 Å². The molecule has 1 atom stereocenters. The van der Waals surface area contributed by atoms with Gasteiger partial charge in [-0.25, -0.2) is 0 Å². The Hall–Kier alpha value is -1.55. The van der Waals surface area contributed by atoms with E-state index in [1.807, 2.05) is 31.2 Å². The van der Waals surface area contributed by atoms with E-state index in [2.05, 4.69) is 5.32 Å². The number of hydrogen-bond acceptors (Lipinski definition) is 3. The fourth-order valence-corrected chi connectivity index (χ4v) is 1.17. The Balaban J connectivity index is 2.35. The standard InChI is InChI=1S/C12H17NO3/c1-9-5-3-4-6-11(9)16-8-12(15)13-7-10(2)14/h3-6,10,14H,7-8H2,1-2H3,(H,13,15). The fourth-order valence-electron chi connectivity index (χ4n) is 1.17. The van der Waals surface area contributed by atoms with E-state index < -0.39 is 6.10 Å². The zero-order chi connectivity index (χ0) is 12.0. The maximum atomic E-state index is 11.3. The van der Waals surface area contributed by atoms with Gasteiger partial charge in [0.1, 0.15) is 5.75 Å². The molecule has 88 valence electrons. The SMILES string of the molecule is Cc1ccccc1OCC(=O)NCC(C)O. The molecule has 0 aliphatic heterocycles. The summed E-state index contributed by atoms with van der Waals surface area (Å²) in [5, 5.41) is 11.5. The van der Waals surface area contributed by atoms with Crippen molar-refractivity contribution >= 4 is 5.91 Å². The maximum absolute atomic E-state index is 11.3. The Morgan fingerprint density at radius 3 is 2.81 bits per heavy atom. The van der Waals surface area contributed by atoms with Crippen LogP contribution in [0.4, 0.5) is 0 Å². The minimum absolute atomic E-state index is 0.0302. The quantitative estimate of drug-likeness (QED) is 0.778. The normalized spacial score (nSPS) is 11.9. The van der Waals surface area contributed by atoms with Gasteiger partial charge < -0.3 is 15.2 Å². The first kappa shape index (κ1) is 12.5. The number of para-hydroxylation sites is 1. The van der Waals surface area contributed by atoms with Gasteiger partial charge in [-0.05, 0) is 25.5 Å². The van der Waals surface area contributed by atoms with Crippen molar-refractivity contribution in [3.8, 4) is 5.75 Å². The average molecular weight is 223 g/mol. The van der Waals surface area contributed by atoms with Crippen molar-refractivity contribution in [2.24, 2.45) is 0 Å². The molecule has 1 aromatic rings. The van der Waals surface area contributed by atoms with E-state index in [-0.39, 0.29) is 19.1 Å². The Kier molecular flexibility index (Phi) is 4.79. The lowest BCUT2D eigenvalue weighted by atomic mass is 10.2. The van der Waals surface area contributed by atoms with Crippen molar-refractivity contribution in [2.45, 2.75) is 20.0 Å². The van der Waals surface area contributed by atoms with E-state index in [0.29, 0.717) is 5.75 Å². The largest absolute Gasteiger partial charge is 0.484 e. The zero-order valence-corrected chi connectivity index (χ0v) is 9.56. The molecule has 16 heavy (non-hydrogen) atoms. The van der Waals surface area contributed by atoms with Gasteiger partial charge in [-0.15, -0.1) is 0 Å². The minimum atomic E-state index is -0.539. The summed E-state index contributed by atoms with van der Waals surface area (Å²) in [5.41, 5.74) is 0.992. The molecule has 0 aliphatic rings. The van der Waals surface area contributed by atoms with Gasteiger partial charge in [0.05, 0.1) is 6.10 Å². The van der Waals surface area contributed by atoms with Gasteiger partial charge in [0.25, 0.3) is 5.91 Å². The van der Waals surface area contributed by atoms with Gasteiger partial charge in [0.2, 0.25) is 0 Å². The fraction of sp³-hybridized carbons (Fsp3) is 0.417. The summed E-state index contributed by atoms with van der Waals surface area (Å²) in [5.74, 6) is 0.471. The first-order chi connectivity index (χ1) is 7.59. The third-order valence-electron chi connectivity index (χ3n) is 2.05. The Bertz CT molecular complexity index is 350. The maximum Gasteiger partial charge on any atom is 0.258 e. The van der Waals surface area contributed by atoms with Gasteiger partial charge in [-0.1, -0.05) is 18.2 Å². The molecule has 0 saturated carbocycles. The number of nitrogens with one attached hydrogen (secondary N) is 1. The second-order valence-corrected chi connectivity index (χ2v) is 3.71. The molecule has 1 rings (SSSR count). The molecule has 0 saturated heterocycles. The number of aliphatic hydroxyl groups is 1. The predicted octanol–water partition coefficient (Wildman–Crippen LogP) is 0.871. The number of benzene rings is 1. The molecule has 2 N–H and O–H groups in total. The van der Waals surface area contributed by atoms with E-state index in [1.54, 1.807) is 6.92 Å². The first-order valence-electron chi connectivity index (χ1n) is 5.23. The molecular weight excluding hydrogens is 206 g/mol. The minimum Gasteiger partial charge on any atom is -0.484 e. The Morgan fingerprint density at radius 1 is 1.50 bits per heavy atom. The molecule has 1 amide bonds. The molecule has 0 radical (unpaired) electrons. The second kappa shape index (κ2) is 6.12. The summed E-state index contributed by atoms with van der Waals surface area (Å²) in [4.78, 5) is 11.3. The van der Waals surface area contributed by atoms with E-state index in [0.717, 1.165) is 5.56 Å². The van der Waals surface area contributed by atoms with Gasteiger partial charge in [0.15, 0.2) is 6.61 Å². The van der Waals surface area contributed by atoms with Gasteiger partial charge in [0, 0.05) is 6.54 Å². The van der Waals surface area contributed by atoms with E-state index in [4.69, 9.17) is 9.84 Å². The van der Waals surface area contributed by atoms with Crippen LogP contribution in [0.3, 0.4) is 0 Å². The highest BCUT2D eigenvalue weighted by atomic mass is 16.5. The number of ether oxygens (including phenoxy) is 1. The molecular formula is C12H17NO3. The smallest absolute Gasteiger partial charge is 0.258 e. The van der Waals surface area contributed by atoms with Crippen molar-refractivity contribution in [1.82, 2.24) is 5.32 Å². The predicted molar refractivity (Wildman–Crippen MR) is 61.4 cm³/mol. The molecule has 0 aliphatic carbocycles. The Morgan fingerprint density at radius 2 is 2.19 bits per heavy atom. The van der Waals surface area contributed by atoms with Crippen LogP contribution in [0, 0.1) is 6.92 Å². The molecule has 0 heterocycles. The highest BCUT2D eigenvalue weighted by Crippen LogP contribution is 2.15. The molecule has 1 unspecified atom stereocenters. The highest BCUT2D eigenvalue weighted by molar-refractivity contribution is 5.77. The third kappa shape index (κ3) is 4.31. The number of carbonyl (C=O) groups is 1. The van der Waals surface area contributed by atoms with Crippen LogP contribution in [0.2, 0.25) is 0 Å². The lowest BCUT2D eigenvalue weighted by Crippen LogP contribution is -2.34. The molecule has 0 spiro atoms. The lowest BCUT2D eigenvalue weighted by Gasteiger charge is -2.10. The summed E-state index contributed by atoms with van der Waals surface area (Å²) in [6, 6.07) is 7.51. The van der Waals surface area contributed by atoms with E-state index >= 15 is 0 Å². The van der Waals surface area contributed by atoms with Crippen LogP contribution in [-0.2, 0) is 4.79 Å². The van der Waals surface area contributed by atoms with Crippen LogP contribution in [0.25, 0.3) is 0 Å². The number of aryl methyl sites for hydroxylation is 1. The number of aliphatic hydroxyl groups excluding tert-OH is 1. The van der Waals surface area contributed by atoms with Gasteiger partial charge >= 0.3 is 0 Å². The zero-order valence-electron chi connectivity index (χ0n) is 9.56. The third-order valence-corrected chi connectivity index (χ3v) is 2.05. The van der Waals surface area contributed by atoms with Crippen LogP contribution in [0.1, 0.15) is 12.5 Å². The van der Waals surface area contributed by atoms with Crippen LogP contribution < -0.4 is 10.1 Å².